The summed E-state index contributed by atoms with van der Waals surface area (Å²) in [5, 5.41) is 3.77. The van der Waals surface area contributed by atoms with Gasteiger partial charge in [0.2, 0.25) is 0 Å². The molecule has 3 rings (SSSR count). The molecule has 0 radical (unpaired) electrons. The lowest BCUT2D eigenvalue weighted by atomic mass is 10.1. The Hall–Kier alpha value is -2.54. The van der Waals surface area contributed by atoms with Crippen molar-refractivity contribution in [1.82, 2.24) is 10.1 Å². The van der Waals surface area contributed by atoms with Crippen molar-refractivity contribution in [2.45, 2.75) is 31.3 Å². The first kappa shape index (κ1) is 18.3. The third-order valence-corrected chi connectivity index (χ3v) is 5.33. The first-order valence-corrected chi connectivity index (χ1v) is 10.1. The van der Waals surface area contributed by atoms with Crippen molar-refractivity contribution >= 4 is 9.84 Å². The van der Waals surface area contributed by atoms with Gasteiger partial charge in [-0.2, -0.15) is 4.98 Å². The van der Waals surface area contributed by atoms with Gasteiger partial charge in [-0.3, -0.25) is 0 Å². The maximum atomic E-state index is 12.9. The monoisotopic (exact) mass is 374 g/mol. The number of hydrogen-bond donors (Lipinski definition) is 0. The van der Waals surface area contributed by atoms with E-state index in [1.807, 2.05) is 24.3 Å². The summed E-state index contributed by atoms with van der Waals surface area (Å²) in [7, 11) is -3.49. The predicted octanol–water partition coefficient (Wildman–Crippen LogP) is 3.94. The standard InChI is InChI=1S/C19H19FN2O3S/c1-2-3-14-4-8-16(9-5-14)19-21-18(22-25-19)13-26(23,24)12-15-6-10-17(20)11-7-15/h4-11H,2-3,12-13H2,1H3. The Labute approximate surface area is 151 Å². The summed E-state index contributed by atoms with van der Waals surface area (Å²) in [5.41, 5.74) is 2.49. The van der Waals surface area contributed by atoms with E-state index in [4.69, 9.17) is 4.52 Å². The zero-order chi connectivity index (χ0) is 18.6. The normalized spacial score (nSPS) is 11.6. The Morgan fingerprint density at radius 2 is 1.62 bits per heavy atom. The van der Waals surface area contributed by atoms with Crippen molar-refractivity contribution in [2.75, 3.05) is 0 Å². The average Bonchev–Trinajstić information content (AvgIpc) is 3.05. The number of halogens is 1. The average molecular weight is 374 g/mol. The van der Waals surface area contributed by atoms with E-state index in [1.165, 1.54) is 29.8 Å². The van der Waals surface area contributed by atoms with Gasteiger partial charge in [-0.05, 0) is 41.8 Å². The highest BCUT2D eigenvalue weighted by Gasteiger charge is 2.18. The summed E-state index contributed by atoms with van der Waals surface area (Å²) in [6, 6.07) is 13.1. The molecule has 26 heavy (non-hydrogen) atoms. The molecule has 0 aliphatic rings. The molecular formula is C19H19FN2O3S. The first-order valence-electron chi connectivity index (χ1n) is 8.32. The van der Waals surface area contributed by atoms with E-state index >= 15 is 0 Å². The van der Waals surface area contributed by atoms with E-state index in [9.17, 15) is 12.8 Å². The minimum atomic E-state index is -3.49. The number of rotatable bonds is 7. The summed E-state index contributed by atoms with van der Waals surface area (Å²) in [6.07, 6.45) is 2.06. The summed E-state index contributed by atoms with van der Waals surface area (Å²) in [5.74, 6) is -0.538. The maximum absolute atomic E-state index is 12.9. The summed E-state index contributed by atoms with van der Waals surface area (Å²) in [6.45, 7) is 2.12. The van der Waals surface area contributed by atoms with Gasteiger partial charge in [-0.25, -0.2) is 12.8 Å². The van der Waals surface area contributed by atoms with Gasteiger partial charge >= 0.3 is 0 Å². The zero-order valence-electron chi connectivity index (χ0n) is 14.4. The minimum absolute atomic E-state index is 0.111. The van der Waals surface area contributed by atoms with Gasteiger partial charge < -0.3 is 4.52 Å². The van der Waals surface area contributed by atoms with E-state index in [2.05, 4.69) is 17.1 Å². The molecule has 0 aliphatic heterocycles. The van der Waals surface area contributed by atoms with Crippen LogP contribution in [-0.4, -0.2) is 18.6 Å². The molecule has 7 heteroatoms. The van der Waals surface area contributed by atoms with Crippen LogP contribution in [0.4, 0.5) is 4.39 Å². The molecule has 0 bridgehead atoms. The molecule has 0 spiro atoms. The van der Waals surface area contributed by atoms with Crippen molar-refractivity contribution in [3.63, 3.8) is 0 Å². The number of aryl methyl sites for hydroxylation is 1. The molecule has 0 atom stereocenters. The molecule has 2 aromatic carbocycles. The first-order chi connectivity index (χ1) is 12.4. The van der Waals surface area contributed by atoms with Gasteiger partial charge in [0.1, 0.15) is 11.6 Å². The van der Waals surface area contributed by atoms with Gasteiger partial charge in [0, 0.05) is 5.56 Å². The second kappa shape index (κ2) is 7.78. The lowest BCUT2D eigenvalue weighted by molar-refractivity contribution is 0.424. The van der Waals surface area contributed by atoms with E-state index < -0.39 is 15.7 Å². The van der Waals surface area contributed by atoms with E-state index in [-0.39, 0.29) is 17.3 Å². The second-order valence-electron chi connectivity index (χ2n) is 6.12. The molecular weight excluding hydrogens is 355 g/mol. The third kappa shape index (κ3) is 4.76. The van der Waals surface area contributed by atoms with Gasteiger partial charge in [0.15, 0.2) is 15.7 Å². The molecule has 0 aliphatic carbocycles. The van der Waals surface area contributed by atoms with Crippen LogP contribution in [0.15, 0.2) is 53.1 Å². The summed E-state index contributed by atoms with van der Waals surface area (Å²) in [4.78, 5) is 4.18. The fourth-order valence-corrected chi connectivity index (χ4v) is 3.93. The van der Waals surface area contributed by atoms with Gasteiger partial charge in [-0.1, -0.05) is 42.8 Å². The molecule has 0 N–H and O–H groups in total. The highest BCUT2D eigenvalue weighted by Crippen LogP contribution is 2.20. The van der Waals surface area contributed by atoms with Crippen LogP contribution >= 0.6 is 0 Å². The number of sulfone groups is 1. The second-order valence-corrected chi connectivity index (χ2v) is 8.19. The Kier molecular flexibility index (Phi) is 5.46. The van der Waals surface area contributed by atoms with Crippen molar-refractivity contribution in [1.29, 1.82) is 0 Å². The third-order valence-electron chi connectivity index (χ3n) is 3.86. The largest absolute Gasteiger partial charge is 0.334 e. The Balaban J connectivity index is 1.70. The molecule has 0 unspecified atom stereocenters. The minimum Gasteiger partial charge on any atom is -0.334 e. The molecule has 5 nitrogen and oxygen atoms in total. The molecule has 0 amide bonds. The van der Waals surface area contributed by atoms with Crippen LogP contribution in [0, 0.1) is 5.82 Å². The number of benzene rings is 2. The smallest absolute Gasteiger partial charge is 0.257 e. The predicted molar refractivity (Wildman–Crippen MR) is 96.5 cm³/mol. The molecule has 0 saturated carbocycles. The van der Waals surface area contributed by atoms with Crippen LogP contribution in [0.5, 0.6) is 0 Å². The van der Waals surface area contributed by atoms with E-state index in [1.54, 1.807) is 0 Å². The lowest BCUT2D eigenvalue weighted by Crippen LogP contribution is -2.08. The van der Waals surface area contributed by atoms with Crippen LogP contribution in [0.1, 0.15) is 30.3 Å². The molecule has 0 saturated heterocycles. The number of hydrogen-bond acceptors (Lipinski definition) is 5. The van der Waals surface area contributed by atoms with Crippen molar-refractivity contribution in [2.24, 2.45) is 0 Å². The highest BCUT2D eigenvalue weighted by atomic mass is 32.2. The van der Waals surface area contributed by atoms with Crippen molar-refractivity contribution < 1.29 is 17.3 Å². The van der Waals surface area contributed by atoms with E-state index in [0.717, 1.165) is 18.4 Å². The topological polar surface area (TPSA) is 73.1 Å². The van der Waals surface area contributed by atoms with Crippen LogP contribution in [0.25, 0.3) is 11.5 Å². The van der Waals surface area contributed by atoms with Crippen molar-refractivity contribution in [3.05, 3.63) is 71.3 Å². The Morgan fingerprint density at radius 1 is 0.962 bits per heavy atom. The Morgan fingerprint density at radius 3 is 2.27 bits per heavy atom. The summed E-state index contributed by atoms with van der Waals surface area (Å²) >= 11 is 0. The highest BCUT2D eigenvalue weighted by molar-refractivity contribution is 7.89. The quantitative estimate of drug-likeness (QED) is 0.626. The van der Waals surface area contributed by atoms with Crippen LogP contribution < -0.4 is 0 Å². The Bertz CT molecular complexity index is 965. The van der Waals surface area contributed by atoms with Crippen molar-refractivity contribution in [3.8, 4) is 11.5 Å². The molecule has 0 fully saturated rings. The molecule has 1 heterocycles. The SMILES string of the molecule is CCCc1ccc(-c2nc(CS(=O)(=O)Cc3ccc(F)cc3)no2)cc1. The van der Waals surface area contributed by atoms with Gasteiger partial charge in [0.25, 0.3) is 5.89 Å². The number of nitrogens with zero attached hydrogens (tertiary/aromatic N) is 2. The fourth-order valence-electron chi connectivity index (χ4n) is 2.61. The van der Waals surface area contributed by atoms with Crippen LogP contribution in [-0.2, 0) is 27.8 Å². The molecule has 136 valence electrons. The van der Waals surface area contributed by atoms with Crippen LogP contribution in [0.2, 0.25) is 0 Å². The number of aromatic nitrogens is 2. The molecule has 3 aromatic rings. The van der Waals surface area contributed by atoms with E-state index in [0.29, 0.717) is 11.5 Å². The fraction of sp³-hybridized carbons (Fsp3) is 0.263. The summed E-state index contributed by atoms with van der Waals surface area (Å²) < 4.78 is 42.7. The van der Waals surface area contributed by atoms with Gasteiger partial charge in [-0.15, -0.1) is 0 Å². The molecule has 1 aromatic heterocycles. The zero-order valence-corrected chi connectivity index (χ0v) is 15.2. The lowest BCUT2D eigenvalue weighted by Gasteiger charge is -2.02. The van der Waals surface area contributed by atoms with Gasteiger partial charge in [0.05, 0.1) is 5.75 Å². The maximum Gasteiger partial charge on any atom is 0.257 e. The van der Waals surface area contributed by atoms with Crippen LogP contribution in [0.3, 0.4) is 0 Å².